The highest BCUT2D eigenvalue weighted by Crippen LogP contribution is 2.34. The maximum Gasteiger partial charge on any atom is 0.311 e. The van der Waals surface area contributed by atoms with Gasteiger partial charge in [0.2, 0.25) is 0 Å². The van der Waals surface area contributed by atoms with E-state index in [1.165, 1.54) is 18.2 Å². The quantitative estimate of drug-likeness (QED) is 0.578. The SMILES string of the molecule is Cc1sc(-c2nnc(C(=O)N3CCCCC3)o2)cc1S(=O)(=O)Nc1ccc(Cl)cc1F. The minimum Gasteiger partial charge on any atom is -0.411 e. The van der Waals surface area contributed by atoms with Crippen LogP contribution in [0.5, 0.6) is 0 Å². The van der Waals surface area contributed by atoms with E-state index in [0.717, 1.165) is 36.7 Å². The van der Waals surface area contributed by atoms with Crippen molar-refractivity contribution >= 4 is 44.6 Å². The van der Waals surface area contributed by atoms with Crippen molar-refractivity contribution in [2.24, 2.45) is 0 Å². The molecule has 0 spiro atoms. The number of likely N-dealkylation sites (tertiary alicyclic amines) is 1. The summed E-state index contributed by atoms with van der Waals surface area (Å²) in [5.41, 5.74) is -0.219. The minimum atomic E-state index is -4.08. The zero-order chi connectivity index (χ0) is 22.2. The van der Waals surface area contributed by atoms with Crippen LogP contribution in [0.1, 0.15) is 34.8 Å². The maximum absolute atomic E-state index is 14.0. The van der Waals surface area contributed by atoms with E-state index in [0.29, 0.717) is 22.8 Å². The predicted molar refractivity (Wildman–Crippen MR) is 114 cm³/mol. The van der Waals surface area contributed by atoms with Gasteiger partial charge in [-0.15, -0.1) is 21.5 Å². The van der Waals surface area contributed by atoms with Gasteiger partial charge in [0.15, 0.2) is 0 Å². The number of amides is 1. The molecule has 0 bridgehead atoms. The largest absolute Gasteiger partial charge is 0.411 e. The number of carbonyl (C=O) groups is 1. The third-order valence-electron chi connectivity index (χ3n) is 4.80. The van der Waals surface area contributed by atoms with Crippen molar-refractivity contribution in [1.29, 1.82) is 0 Å². The number of halogens is 2. The second-order valence-electron chi connectivity index (χ2n) is 7.03. The molecule has 0 saturated carbocycles. The van der Waals surface area contributed by atoms with E-state index >= 15 is 0 Å². The fraction of sp³-hybridized carbons (Fsp3) is 0.316. The molecule has 0 radical (unpaired) electrons. The summed E-state index contributed by atoms with van der Waals surface area (Å²) in [4.78, 5) is 15.0. The van der Waals surface area contributed by atoms with Crippen LogP contribution in [-0.4, -0.2) is 42.5 Å². The molecule has 1 saturated heterocycles. The van der Waals surface area contributed by atoms with E-state index in [9.17, 15) is 17.6 Å². The summed E-state index contributed by atoms with van der Waals surface area (Å²) < 4.78 is 47.3. The molecule has 1 aromatic carbocycles. The second kappa shape index (κ2) is 8.56. The molecule has 0 unspecified atom stereocenters. The number of piperidine rings is 1. The summed E-state index contributed by atoms with van der Waals surface area (Å²) in [6.07, 6.45) is 2.94. The van der Waals surface area contributed by atoms with Gasteiger partial charge >= 0.3 is 11.8 Å². The first-order valence-electron chi connectivity index (χ1n) is 9.46. The summed E-state index contributed by atoms with van der Waals surface area (Å²) in [7, 11) is -4.08. The van der Waals surface area contributed by atoms with Crippen LogP contribution in [0.3, 0.4) is 0 Å². The molecule has 1 amide bonds. The van der Waals surface area contributed by atoms with E-state index in [4.69, 9.17) is 16.0 Å². The molecule has 0 aliphatic carbocycles. The van der Waals surface area contributed by atoms with Crippen LogP contribution in [0.15, 0.2) is 33.6 Å². The summed E-state index contributed by atoms with van der Waals surface area (Å²) in [5, 5.41) is 7.88. The van der Waals surface area contributed by atoms with Gasteiger partial charge in [0.05, 0.1) is 10.6 Å². The molecule has 31 heavy (non-hydrogen) atoms. The van der Waals surface area contributed by atoms with Crippen LogP contribution in [0.2, 0.25) is 5.02 Å². The van der Waals surface area contributed by atoms with Gasteiger partial charge in [-0.05, 0) is 50.5 Å². The summed E-state index contributed by atoms with van der Waals surface area (Å²) in [6, 6.07) is 5.01. The van der Waals surface area contributed by atoms with Crippen molar-refractivity contribution in [2.75, 3.05) is 17.8 Å². The molecule has 1 fully saturated rings. The molecule has 12 heteroatoms. The average Bonchev–Trinajstić information content (AvgIpc) is 3.37. The Morgan fingerprint density at radius 3 is 2.68 bits per heavy atom. The predicted octanol–water partition coefficient (Wildman–Crippen LogP) is 4.33. The van der Waals surface area contributed by atoms with Crippen LogP contribution in [0.25, 0.3) is 10.8 Å². The number of rotatable bonds is 5. The summed E-state index contributed by atoms with van der Waals surface area (Å²) >= 11 is 6.83. The van der Waals surface area contributed by atoms with E-state index in [1.807, 2.05) is 0 Å². The molecule has 2 aromatic heterocycles. The number of sulfonamides is 1. The molecule has 1 aliphatic heterocycles. The Labute approximate surface area is 187 Å². The zero-order valence-electron chi connectivity index (χ0n) is 16.4. The molecule has 8 nitrogen and oxygen atoms in total. The van der Waals surface area contributed by atoms with Crippen molar-refractivity contribution in [2.45, 2.75) is 31.1 Å². The van der Waals surface area contributed by atoms with Gasteiger partial charge in [-0.3, -0.25) is 9.52 Å². The van der Waals surface area contributed by atoms with Crippen LogP contribution in [-0.2, 0) is 10.0 Å². The summed E-state index contributed by atoms with van der Waals surface area (Å²) in [5.74, 6) is -1.21. The topological polar surface area (TPSA) is 105 Å². The number of nitrogens with one attached hydrogen (secondary N) is 1. The number of aromatic nitrogens is 2. The lowest BCUT2D eigenvalue weighted by Gasteiger charge is -2.24. The number of hydrogen-bond donors (Lipinski definition) is 1. The fourth-order valence-corrected chi connectivity index (χ4v) is 5.99. The van der Waals surface area contributed by atoms with Gasteiger partial charge in [-0.1, -0.05) is 11.6 Å². The van der Waals surface area contributed by atoms with E-state index in [1.54, 1.807) is 11.8 Å². The Balaban J connectivity index is 1.57. The van der Waals surface area contributed by atoms with Crippen molar-refractivity contribution in [3.63, 3.8) is 0 Å². The average molecular weight is 485 g/mol. The molecular formula is C19H18ClFN4O4S2. The number of thiophene rings is 1. The highest BCUT2D eigenvalue weighted by Gasteiger charge is 2.26. The number of aryl methyl sites for hydroxylation is 1. The number of hydrogen-bond acceptors (Lipinski definition) is 7. The normalized spacial score (nSPS) is 14.6. The standard InChI is InChI=1S/C19H18ClFN4O4S2/c1-11-16(31(27,28)24-14-6-5-12(20)9-13(14)21)10-15(30-11)17-22-23-18(29-17)19(26)25-7-3-2-4-8-25/h5-6,9-10,24H,2-4,7-8H2,1H3. The number of nitrogens with zero attached hydrogens (tertiary/aromatic N) is 3. The second-order valence-corrected chi connectivity index (χ2v) is 10.4. The number of benzene rings is 1. The first kappa shape index (κ1) is 21.7. The molecule has 3 heterocycles. The van der Waals surface area contributed by atoms with Crippen molar-refractivity contribution in [3.8, 4) is 10.8 Å². The Morgan fingerprint density at radius 2 is 1.97 bits per heavy atom. The Kier molecular flexibility index (Phi) is 6.00. The lowest BCUT2D eigenvalue weighted by atomic mass is 10.1. The van der Waals surface area contributed by atoms with Crippen molar-refractivity contribution < 1.29 is 22.0 Å². The zero-order valence-corrected chi connectivity index (χ0v) is 18.8. The van der Waals surface area contributed by atoms with Crippen LogP contribution < -0.4 is 4.72 Å². The summed E-state index contributed by atoms with van der Waals surface area (Å²) in [6.45, 7) is 2.89. The highest BCUT2D eigenvalue weighted by atomic mass is 35.5. The van der Waals surface area contributed by atoms with Crippen LogP contribution >= 0.6 is 22.9 Å². The lowest BCUT2D eigenvalue weighted by molar-refractivity contribution is 0.0684. The number of carbonyl (C=O) groups excluding carboxylic acids is 1. The Morgan fingerprint density at radius 1 is 1.23 bits per heavy atom. The first-order valence-corrected chi connectivity index (χ1v) is 12.1. The highest BCUT2D eigenvalue weighted by molar-refractivity contribution is 7.93. The van der Waals surface area contributed by atoms with Gasteiger partial charge in [-0.25, -0.2) is 12.8 Å². The minimum absolute atomic E-state index is 0.0487. The molecule has 164 valence electrons. The third-order valence-corrected chi connectivity index (χ3v) is 7.69. The molecular weight excluding hydrogens is 467 g/mol. The van der Waals surface area contributed by atoms with E-state index < -0.39 is 15.8 Å². The van der Waals surface area contributed by atoms with Crippen LogP contribution in [0, 0.1) is 12.7 Å². The smallest absolute Gasteiger partial charge is 0.311 e. The lowest BCUT2D eigenvalue weighted by Crippen LogP contribution is -2.35. The van der Waals surface area contributed by atoms with Gasteiger partial charge in [0.1, 0.15) is 10.7 Å². The van der Waals surface area contributed by atoms with Crippen molar-refractivity contribution in [3.05, 3.63) is 45.9 Å². The van der Waals surface area contributed by atoms with E-state index in [-0.39, 0.29) is 33.3 Å². The van der Waals surface area contributed by atoms with Gasteiger partial charge in [0, 0.05) is 23.0 Å². The Hall–Kier alpha value is -2.50. The van der Waals surface area contributed by atoms with Gasteiger partial charge in [-0.2, -0.15) is 0 Å². The van der Waals surface area contributed by atoms with E-state index in [2.05, 4.69) is 14.9 Å². The first-order chi connectivity index (χ1) is 14.7. The van der Waals surface area contributed by atoms with Crippen LogP contribution in [0.4, 0.5) is 10.1 Å². The number of anilines is 1. The van der Waals surface area contributed by atoms with Gasteiger partial charge in [0.25, 0.3) is 15.9 Å². The Bertz CT molecular complexity index is 1240. The fourth-order valence-electron chi connectivity index (χ4n) is 3.25. The monoisotopic (exact) mass is 484 g/mol. The van der Waals surface area contributed by atoms with Gasteiger partial charge < -0.3 is 9.32 Å². The maximum atomic E-state index is 14.0. The molecule has 1 N–H and O–H groups in total. The molecule has 4 rings (SSSR count). The van der Waals surface area contributed by atoms with Crippen molar-refractivity contribution in [1.82, 2.24) is 15.1 Å². The molecule has 0 atom stereocenters. The molecule has 3 aromatic rings. The molecule has 1 aliphatic rings. The third kappa shape index (κ3) is 4.58.